The number of aliphatic hydroxyl groups excluding tert-OH is 2. The molecule has 0 aromatic rings. The summed E-state index contributed by atoms with van der Waals surface area (Å²) in [6.45, 7) is 15.3. The number of ether oxygens (including phenoxy) is 4. The highest BCUT2D eigenvalue weighted by Crippen LogP contribution is 2.22. The van der Waals surface area contributed by atoms with Gasteiger partial charge in [0.1, 0.15) is 0 Å². The average Bonchev–Trinajstić information content (AvgIpc) is 2.95. The Balaban J connectivity index is 1.71. The van der Waals surface area contributed by atoms with Crippen LogP contribution in [0.3, 0.4) is 0 Å². The van der Waals surface area contributed by atoms with Crippen molar-refractivity contribution in [2.75, 3.05) is 78.8 Å². The summed E-state index contributed by atoms with van der Waals surface area (Å²) in [7, 11) is 0. The molecule has 0 aromatic carbocycles. The molecule has 0 radical (unpaired) electrons. The maximum absolute atomic E-state index is 10.8. The van der Waals surface area contributed by atoms with Crippen molar-refractivity contribution >= 4 is 0 Å². The van der Waals surface area contributed by atoms with Crippen LogP contribution >= 0.6 is 0 Å². The Morgan fingerprint density at radius 3 is 1.38 bits per heavy atom. The highest BCUT2D eigenvalue weighted by atomic mass is 16.7. The lowest BCUT2D eigenvalue weighted by molar-refractivity contribution is -0.205. The van der Waals surface area contributed by atoms with Gasteiger partial charge in [-0.3, -0.25) is 9.80 Å². The van der Waals surface area contributed by atoms with Gasteiger partial charge in [0.2, 0.25) is 0 Å². The van der Waals surface area contributed by atoms with Crippen LogP contribution in [0.2, 0.25) is 0 Å². The van der Waals surface area contributed by atoms with Crippen molar-refractivity contribution in [2.24, 2.45) is 0 Å². The first-order chi connectivity index (χ1) is 15.2. The smallest absolute Gasteiger partial charge is 0.162 e. The molecule has 3 aliphatic heterocycles. The van der Waals surface area contributed by atoms with Gasteiger partial charge < -0.3 is 39.8 Å². The monoisotopic (exact) mass is 460 g/mol. The van der Waals surface area contributed by atoms with E-state index < -0.39 is 23.8 Å². The van der Waals surface area contributed by atoms with Crippen molar-refractivity contribution in [1.82, 2.24) is 20.4 Å². The molecular formula is C22H44N4O6. The molecule has 188 valence electrons. The Morgan fingerprint density at radius 2 is 0.969 bits per heavy atom. The Morgan fingerprint density at radius 1 is 0.594 bits per heavy atom. The molecule has 0 saturated carbocycles. The van der Waals surface area contributed by atoms with Crippen LogP contribution in [0.4, 0.5) is 0 Å². The van der Waals surface area contributed by atoms with E-state index >= 15 is 0 Å². The van der Waals surface area contributed by atoms with Gasteiger partial charge in [0.25, 0.3) is 0 Å². The minimum absolute atomic E-state index is 0.154. The molecule has 4 atom stereocenters. The van der Waals surface area contributed by atoms with Gasteiger partial charge in [-0.05, 0) is 27.7 Å². The lowest BCUT2D eigenvalue weighted by Crippen LogP contribution is -2.55. The maximum atomic E-state index is 10.8. The van der Waals surface area contributed by atoms with Crippen LogP contribution in [0.25, 0.3) is 0 Å². The first-order valence-electron chi connectivity index (χ1n) is 12.0. The predicted molar refractivity (Wildman–Crippen MR) is 120 cm³/mol. The molecule has 0 unspecified atom stereocenters. The molecule has 10 heteroatoms. The third-order valence-electron chi connectivity index (χ3n) is 6.54. The minimum Gasteiger partial charge on any atom is -0.389 e. The number of nitrogens with zero attached hydrogens (tertiary/aromatic N) is 2. The number of hydrogen-bond donors (Lipinski definition) is 4. The molecule has 4 N–H and O–H groups in total. The van der Waals surface area contributed by atoms with Gasteiger partial charge in [-0.1, -0.05) is 0 Å². The van der Waals surface area contributed by atoms with Gasteiger partial charge in [0.15, 0.2) is 11.6 Å². The van der Waals surface area contributed by atoms with Crippen LogP contribution in [0.5, 0.6) is 0 Å². The molecule has 3 rings (SSSR count). The topological polar surface area (TPSA) is 108 Å². The van der Waals surface area contributed by atoms with Gasteiger partial charge in [-0.25, -0.2) is 0 Å². The largest absolute Gasteiger partial charge is 0.389 e. The molecule has 10 nitrogen and oxygen atoms in total. The van der Waals surface area contributed by atoms with E-state index in [0.717, 1.165) is 52.4 Å². The lowest BCUT2D eigenvalue weighted by Gasteiger charge is -2.38. The molecule has 3 saturated heterocycles. The zero-order chi connectivity index (χ0) is 23.2. The van der Waals surface area contributed by atoms with E-state index in [9.17, 15) is 10.2 Å². The van der Waals surface area contributed by atoms with E-state index in [4.69, 9.17) is 18.9 Å². The summed E-state index contributed by atoms with van der Waals surface area (Å²) >= 11 is 0. The Hall–Kier alpha value is -0.400. The van der Waals surface area contributed by atoms with Crippen LogP contribution in [0.1, 0.15) is 27.7 Å². The highest BCUT2D eigenvalue weighted by Gasteiger charge is 2.37. The molecule has 0 aliphatic carbocycles. The average molecular weight is 461 g/mol. The third-order valence-corrected chi connectivity index (χ3v) is 6.54. The second-order valence-corrected chi connectivity index (χ2v) is 9.89. The molecule has 32 heavy (non-hydrogen) atoms. The number of nitrogens with one attached hydrogen (secondary N) is 2. The van der Waals surface area contributed by atoms with Crippen LogP contribution in [0.15, 0.2) is 0 Å². The molecular weight excluding hydrogens is 416 g/mol. The fourth-order valence-electron chi connectivity index (χ4n) is 4.39. The molecule has 0 amide bonds. The first kappa shape index (κ1) is 26.2. The van der Waals surface area contributed by atoms with E-state index in [2.05, 4.69) is 20.4 Å². The van der Waals surface area contributed by atoms with E-state index in [0.29, 0.717) is 13.2 Å². The van der Waals surface area contributed by atoms with Crippen LogP contribution < -0.4 is 10.6 Å². The summed E-state index contributed by atoms with van der Waals surface area (Å²) < 4.78 is 23.4. The summed E-state index contributed by atoms with van der Waals surface area (Å²) in [6, 6.07) is -0.307. The quantitative estimate of drug-likeness (QED) is 0.402. The van der Waals surface area contributed by atoms with Gasteiger partial charge in [-0.15, -0.1) is 0 Å². The molecule has 0 aromatic heterocycles. The van der Waals surface area contributed by atoms with Crippen LogP contribution in [-0.4, -0.2) is 135 Å². The predicted octanol–water partition coefficient (Wildman–Crippen LogP) is -1.19. The molecule has 3 aliphatic rings. The SMILES string of the molecule is CC1(C)OC[C@@H](O)[C@H](N2CCNCCNCCN([C@@H]3COC(C)(C)OC[C@H]3O)CC2)CO1. The highest BCUT2D eigenvalue weighted by molar-refractivity contribution is 4.87. The Bertz CT molecular complexity index is 519. The summed E-state index contributed by atoms with van der Waals surface area (Å²) in [5, 5.41) is 28.6. The van der Waals surface area contributed by atoms with Crippen LogP contribution in [-0.2, 0) is 18.9 Å². The van der Waals surface area contributed by atoms with Crippen molar-refractivity contribution in [2.45, 2.75) is 63.6 Å². The first-order valence-corrected chi connectivity index (χ1v) is 12.0. The Kier molecular flexibility index (Phi) is 9.69. The minimum atomic E-state index is -0.702. The van der Waals surface area contributed by atoms with E-state index in [-0.39, 0.29) is 25.3 Å². The fourth-order valence-corrected chi connectivity index (χ4v) is 4.39. The Labute approximate surface area is 192 Å². The van der Waals surface area contributed by atoms with E-state index in [1.165, 1.54) is 0 Å². The molecule has 3 fully saturated rings. The number of aliphatic hydroxyl groups is 2. The van der Waals surface area contributed by atoms with Crippen molar-refractivity contribution in [3.8, 4) is 0 Å². The maximum Gasteiger partial charge on any atom is 0.162 e. The van der Waals surface area contributed by atoms with Crippen molar-refractivity contribution in [3.05, 3.63) is 0 Å². The normalized spacial score (nSPS) is 36.9. The summed E-state index contributed by atoms with van der Waals surface area (Å²) in [6.07, 6.45) is -1.25. The standard InChI is InChI=1S/C22H44N4O6/c1-21(2)29-13-17(19(27)15-31-21)25-9-7-23-5-6-24-8-10-26(12-11-25)18-14-30-22(3,4)32-16-20(18)28/h17-20,23-24,27-28H,5-16H2,1-4H3/t17-,18-,19-,20-/m1/s1. The second kappa shape index (κ2) is 11.8. The van der Waals surface area contributed by atoms with Crippen molar-refractivity contribution < 1.29 is 29.2 Å². The van der Waals surface area contributed by atoms with Crippen molar-refractivity contribution in [1.29, 1.82) is 0 Å². The van der Waals surface area contributed by atoms with Crippen molar-refractivity contribution in [3.63, 3.8) is 0 Å². The van der Waals surface area contributed by atoms with Crippen LogP contribution in [0, 0.1) is 0 Å². The van der Waals surface area contributed by atoms with Gasteiger partial charge in [0.05, 0.1) is 50.7 Å². The zero-order valence-electron chi connectivity index (χ0n) is 20.2. The number of hydrogen-bond acceptors (Lipinski definition) is 10. The summed E-state index contributed by atoms with van der Waals surface area (Å²) in [4.78, 5) is 4.57. The molecule has 0 spiro atoms. The second-order valence-electron chi connectivity index (χ2n) is 9.89. The molecule has 0 bridgehead atoms. The number of rotatable bonds is 2. The third kappa shape index (κ3) is 7.83. The summed E-state index contributed by atoms with van der Waals surface area (Å²) in [5.74, 6) is -1.40. The summed E-state index contributed by atoms with van der Waals surface area (Å²) in [5.41, 5.74) is 0. The van der Waals surface area contributed by atoms with Gasteiger partial charge in [-0.2, -0.15) is 0 Å². The van der Waals surface area contributed by atoms with Gasteiger partial charge >= 0.3 is 0 Å². The van der Waals surface area contributed by atoms with Gasteiger partial charge in [0, 0.05) is 52.4 Å². The lowest BCUT2D eigenvalue weighted by atomic mass is 10.1. The fraction of sp³-hybridized carbons (Fsp3) is 1.00. The van der Waals surface area contributed by atoms with E-state index in [1.807, 2.05) is 27.7 Å². The zero-order valence-corrected chi connectivity index (χ0v) is 20.2. The molecule has 3 heterocycles. The van der Waals surface area contributed by atoms with E-state index in [1.54, 1.807) is 0 Å².